The van der Waals surface area contributed by atoms with E-state index in [2.05, 4.69) is 42.6 Å². The Labute approximate surface area is 174 Å². The summed E-state index contributed by atoms with van der Waals surface area (Å²) >= 11 is 0. The fourth-order valence-electron chi connectivity index (χ4n) is 4.96. The molecule has 168 valence electrons. The number of hydrogen-bond donors (Lipinski definition) is 3. The Bertz CT molecular complexity index is 752. The molecule has 0 radical (unpaired) electrons. The molecule has 7 nitrogen and oxygen atoms in total. The summed E-state index contributed by atoms with van der Waals surface area (Å²) in [5.74, 6) is 1.18. The second-order valence-electron chi connectivity index (χ2n) is 9.52. The SMILES string of the molecule is C/C(=C\COP(=O)(O)OP(=O)(O)O)CC[C@@]1(C)[C@@H]2CCCC(C)(C)C2=CC[C@@H]1C. The molecule has 0 aliphatic heterocycles. The van der Waals surface area contributed by atoms with Crippen LogP contribution in [-0.2, 0) is 18.0 Å². The molecule has 0 aromatic carbocycles. The van der Waals surface area contributed by atoms with E-state index in [1.54, 1.807) is 11.6 Å². The van der Waals surface area contributed by atoms with Gasteiger partial charge < -0.3 is 14.7 Å². The number of hydrogen-bond acceptors (Lipinski definition) is 4. The van der Waals surface area contributed by atoms with Crippen LogP contribution < -0.4 is 0 Å². The first kappa shape index (κ1) is 25.0. The molecule has 0 saturated heterocycles. The predicted octanol–water partition coefficient (Wildman–Crippen LogP) is 5.74. The molecular formula is C20H36O7P2. The van der Waals surface area contributed by atoms with Gasteiger partial charge in [0.2, 0.25) is 0 Å². The molecule has 29 heavy (non-hydrogen) atoms. The first-order valence-corrected chi connectivity index (χ1v) is 13.3. The summed E-state index contributed by atoms with van der Waals surface area (Å²) in [5.41, 5.74) is 3.10. The zero-order valence-electron chi connectivity index (χ0n) is 18.1. The second-order valence-corrected chi connectivity index (χ2v) is 12.3. The third-order valence-corrected chi connectivity index (χ3v) is 9.15. The van der Waals surface area contributed by atoms with Crippen LogP contribution in [0, 0.1) is 22.7 Å². The van der Waals surface area contributed by atoms with Crippen LogP contribution >= 0.6 is 15.6 Å². The molecule has 0 bridgehead atoms. The largest absolute Gasteiger partial charge is 0.481 e. The van der Waals surface area contributed by atoms with Crippen molar-refractivity contribution in [3.05, 3.63) is 23.3 Å². The molecule has 2 rings (SSSR count). The van der Waals surface area contributed by atoms with Gasteiger partial charge in [-0.1, -0.05) is 57.4 Å². The van der Waals surface area contributed by atoms with Crippen LogP contribution in [0.4, 0.5) is 0 Å². The van der Waals surface area contributed by atoms with Crippen LogP contribution in [0.15, 0.2) is 23.3 Å². The zero-order valence-corrected chi connectivity index (χ0v) is 19.9. The summed E-state index contributed by atoms with van der Waals surface area (Å²) in [7, 11) is -9.88. The lowest BCUT2D eigenvalue weighted by Gasteiger charge is -2.53. The smallest absolute Gasteiger partial charge is 0.302 e. The molecule has 0 aromatic rings. The molecule has 1 unspecified atom stereocenters. The van der Waals surface area contributed by atoms with E-state index in [1.165, 1.54) is 19.3 Å². The van der Waals surface area contributed by atoms with Crippen molar-refractivity contribution < 1.29 is 32.6 Å². The van der Waals surface area contributed by atoms with Crippen LogP contribution in [0.2, 0.25) is 0 Å². The van der Waals surface area contributed by atoms with Gasteiger partial charge in [0.15, 0.2) is 0 Å². The van der Waals surface area contributed by atoms with Gasteiger partial charge in [-0.3, -0.25) is 4.52 Å². The second kappa shape index (κ2) is 9.08. The van der Waals surface area contributed by atoms with Gasteiger partial charge in [0, 0.05) is 0 Å². The standard InChI is InChI=1S/C20H36O7P2/c1-15(11-14-26-29(24,25)27-28(21,22)23)10-13-20(5)16(2)8-9-17-18(20)7-6-12-19(17,3)4/h9,11,16,18H,6-8,10,12-14H2,1-5H3,(H,24,25)(H2,21,22,23)/b15-11+/t16-,18+,20+/m0/s1. The Morgan fingerprint density at radius 3 is 2.55 bits per heavy atom. The highest BCUT2D eigenvalue weighted by Gasteiger charge is 2.47. The van der Waals surface area contributed by atoms with Gasteiger partial charge in [-0.15, -0.1) is 0 Å². The normalized spacial score (nSPS) is 32.3. The summed E-state index contributed by atoms with van der Waals surface area (Å²) in [4.78, 5) is 26.6. The molecule has 0 aromatic heterocycles. The Morgan fingerprint density at radius 2 is 1.93 bits per heavy atom. The van der Waals surface area contributed by atoms with Crippen molar-refractivity contribution in [3.8, 4) is 0 Å². The highest BCUT2D eigenvalue weighted by molar-refractivity contribution is 7.60. The fourth-order valence-corrected chi connectivity index (χ4v) is 6.49. The zero-order chi connectivity index (χ0) is 22.1. The number of rotatable bonds is 8. The fraction of sp³-hybridized carbons (Fsp3) is 0.800. The van der Waals surface area contributed by atoms with Crippen LogP contribution in [-0.4, -0.2) is 21.3 Å². The Hall–Kier alpha value is -0.260. The van der Waals surface area contributed by atoms with E-state index >= 15 is 0 Å². The van der Waals surface area contributed by atoms with Gasteiger partial charge in [0.1, 0.15) is 0 Å². The van der Waals surface area contributed by atoms with E-state index in [4.69, 9.17) is 9.79 Å². The minimum absolute atomic E-state index is 0.202. The maximum absolute atomic E-state index is 11.5. The van der Waals surface area contributed by atoms with Gasteiger partial charge in [-0.25, -0.2) is 9.13 Å². The average Bonchev–Trinajstić information content (AvgIpc) is 2.54. The van der Waals surface area contributed by atoms with E-state index < -0.39 is 15.6 Å². The van der Waals surface area contributed by atoms with Crippen LogP contribution in [0.25, 0.3) is 0 Å². The molecule has 2 aliphatic rings. The van der Waals surface area contributed by atoms with Crippen molar-refractivity contribution in [2.45, 2.75) is 73.1 Å². The topological polar surface area (TPSA) is 113 Å². The molecule has 1 fully saturated rings. The van der Waals surface area contributed by atoms with Crippen LogP contribution in [0.3, 0.4) is 0 Å². The molecule has 3 N–H and O–H groups in total. The maximum atomic E-state index is 11.5. The first-order chi connectivity index (χ1) is 13.2. The minimum atomic E-state index is -5.09. The van der Waals surface area contributed by atoms with Crippen molar-refractivity contribution in [2.24, 2.45) is 22.7 Å². The van der Waals surface area contributed by atoms with Crippen LogP contribution in [0.5, 0.6) is 0 Å². The summed E-state index contributed by atoms with van der Waals surface area (Å²) in [6.07, 6.45) is 10.8. The average molecular weight is 450 g/mol. The molecule has 1 saturated carbocycles. The lowest BCUT2D eigenvalue weighted by Crippen LogP contribution is -2.43. The third-order valence-electron chi connectivity index (χ3n) is 7.00. The molecule has 0 amide bonds. The molecule has 2 aliphatic carbocycles. The van der Waals surface area contributed by atoms with E-state index in [-0.39, 0.29) is 17.4 Å². The summed E-state index contributed by atoms with van der Waals surface area (Å²) in [5, 5.41) is 0. The molecule has 4 atom stereocenters. The van der Waals surface area contributed by atoms with Crippen molar-refractivity contribution in [3.63, 3.8) is 0 Å². The van der Waals surface area contributed by atoms with E-state index in [1.807, 2.05) is 6.92 Å². The number of phosphoric ester groups is 1. The van der Waals surface area contributed by atoms with Gasteiger partial charge in [0.25, 0.3) is 0 Å². The van der Waals surface area contributed by atoms with Gasteiger partial charge in [0.05, 0.1) is 6.61 Å². The molecule has 9 heteroatoms. The van der Waals surface area contributed by atoms with Crippen molar-refractivity contribution in [1.82, 2.24) is 0 Å². The van der Waals surface area contributed by atoms with Crippen LogP contribution in [0.1, 0.15) is 73.1 Å². The molecule has 0 heterocycles. The van der Waals surface area contributed by atoms with Gasteiger partial charge in [-0.05, 0) is 61.7 Å². The highest BCUT2D eigenvalue weighted by atomic mass is 31.3. The lowest BCUT2D eigenvalue weighted by molar-refractivity contribution is 0.0583. The van der Waals surface area contributed by atoms with Crippen molar-refractivity contribution in [1.29, 1.82) is 0 Å². The first-order valence-electron chi connectivity index (χ1n) is 10.3. The minimum Gasteiger partial charge on any atom is -0.302 e. The molecule has 0 spiro atoms. The van der Waals surface area contributed by atoms with Crippen molar-refractivity contribution in [2.75, 3.05) is 6.61 Å². The highest BCUT2D eigenvalue weighted by Crippen LogP contribution is 2.59. The predicted molar refractivity (Wildman–Crippen MR) is 113 cm³/mol. The summed E-state index contributed by atoms with van der Waals surface area (Å²) in [6, 6.07) is 0. The Kier molecular flexibility index (Phi) is 7.83. The van der Waals surface area contributed by atoms with Gasteiger partial charge >= 0.3 is 15.6 Å². The monoisotopic (exact) mass is 450 g/mol. The summed E-state index contributed by atoms with van der Waals surface area (Å²) in [6.45, 7) is 11.1. The Balaban J connectivity index is 1.98. The van der Waals surface area contributed by atoms with Crippen molar-refractivity contribution >= 4 is 15.6 Å². The lowest BCUT2D eigenvalue weighted by atomic mass is 9.52. The van der Waals surface area contributed by atoms with E-state index in [0.717, 1.165) is 24.8 Å². The number of phosphoric acid groups is 2. The molecular weight excluding hydrogens is 414 g/mol. The number of allylic oxidation sites excluding steroid dienone is 3. The quantitative estimate of drug-likeness (QED) is 0.319. The Morgan fingerprint density at radius 1 is 1.28 bits per heavy atom. The maximum Gasteiger partial charge on any atom is 0.481 e. The van der Waals surface area contributed by atoms with E-state index in [9.17, 15) is 14.0 Å². The third kappa shape index (κ3) is 6.61. The summed E-state index contributed by atoms with van der Waals surface area (Å²) < 4.78 is 30.6. The van der Waals surface area contributed by atoms with Gasteiger partial charge in [-0.2, -0.15) is 4.31 Å². The van der Waals surface area contributed by atoms with E-state index in [0.29, 0.717) is 11.8 Å². The number of fused-ring (bicyclic) bond motifs is 1.